The van der Waals surface area contributed by atoms with E-state index in [1.54, 1.807) is 39.2 Å². The number of rotatable bonds is 5. The Morgan fingerprint density at radius 2 is 1.88 bits per heavy atom. The zero-order valence-corrected chi connectivity index (χ0v) is 14.9. The number of hydrogen-bond donors (Lipinski definition) is 1. The minimum atomic E-state index is -3.73. The van der Waals surface area contributed by atoms with Gasteiger partial charge in [-0.25, -0.2) is 8.42 Å². The van der Waals surface area contributed by atoms with E-state index in [9.17, 15) is 18.0 Å². The van der Waals surface area contributed by atoms with Gasteiger partial charge in [-0.05, 0) is 31.9 Å². The molecule has 0 saturated carbocycles. The van der Waals surface area contributed by atoms with E-state index in [1.807, 2.05) is 0 Å². The fourth-order valence-corrected chi connectivity index (χ4v) is 4.45. The van der Waals surface area contributed by atoms with Gasteiger partial charge in [0.05, 0.1) is 4.90 Å². The molecule has 132 valence electrons. The van der Waals surface area contributed by atoms with Crippen LogP contribution in [0.3, 0.4) is 0 Å². The van der Waals surface area contributed by atoms with Gasteiger partial charge < -0.3 is 10.2 Å². The highest BCUT2D eigenvalue weighted by molar-refractivity contribution is 7.89. The number of benzene rings is 1. The van der Waals surface area contributed by atoms with Crippen molar-refractivity contribution in [2.24, 2.45) is 0 Å². The predicted octanol–water partition coefficient (Wildman–Crippen LogP) is 0.433. The summed E-state index contributed by atoms with van der Waals surface area (Å²) in [5.74, 6) is -0.673. The molecule has 1 aliphatic rings. The van der Waals surface area contributed by atoms with Crippen LogP contribution < -0.4 is 5.32 Å². The van der Waals surface area contributed by atoms with E-state index in [2.05, 4.69) is 5.32 Å². The Morgan fingerprint density at radius 1 is 1.25 bits per heavy atom. The van der Waals surface area contributed by atoms with Crippen LogP contribution in [-0.4, -0.2) is 62.2 Å². The van der Waals surface area contributed by atoms with E-state index in [1.165, 1.54) is 21.3 Å². The normalized spacial score (nSPS) is 19.7. The molecule has 1 N–H and O–H groups in total. The maximum atomic E-state index is 12.7. The lowest BCUT2D eigenvalue weighted by Gasteiger charge is -2.25. The van der Waals surface area contributed by atoms with E-state index >= 15 is 0 Å². The number of nitrogens with zero attached hydrogens (tertiary/aromatic N) is 2. The Morgan fingerprint density at radius 3 is 2.46 bits per heavy atom. The van der Waals surface area contributed by atoms with Gasteiger partial charge in [0.25, 0.3) is 0 Å². The first-order valence-corrected chi connectivity index (χ1v) is 9.27. The molecular formula is C16H23N3O4S. The first-order chi connectivity index (χ1) is 11.2. The highest BCUT2D eigenvalue weighted by Crippen LogP contribution is 2.26. The van der Waals surface area contributed by atoms with Crippen molar-refractivity contribution < 1.29 is 18.0 Å². The van der Waals surface area contributed by atoms with Crippen LogP contribution in [-0.2, 0) is 19.6 Å². The van der Waals surface area contributed by atoms with Gasteiger partial charge in [0.2, 0.25) is 21.8 Å². The van der Waals surface area contributed by atoms with Crippen molar-refractivity contribution in [3.63, 3.8) is 0 Å². The number of sulfonamides is 1. The molecule has 2 rings (SSSR count). The Balaban J connectivity index is 2.16. The lowest BCUT2D eigenvalue weighted by atomic mass is 10.2. The van der Waals surface area contributed by atoms with Crippen molar-refractivity contribution in [3.05, 3.63) is 30.3 Å². The second-order valence-electron chi connectivity index (χ2n) is 6.05. The Hall–Kier alpha value is -1.93. The van der Waals surface area contributed by atoms with Crippen molar-refractivity contribution in [2.75, 3.05) is 20.6 Å². The fourth-order valence-electron chi connectivity index (χ4n) is 2.78. The predicted molar refractivity (Wildman–Crippen MR) is 89.7 cm³/mol. The smallest absolute Gasteiger partial charge is 0.244 e. The third-order valence-corrected chi connectivity index (χ3v) is 5.95. The maximum Gasteiger partial charge on any atom is 0.244 e. The summed E-state index contributed by atoms with van der Waals surface area (Å²) in [6, 6.07) is 6.58. The van der Waals surface area contributed by atoms with E-state index in [-0.39, 0.29) is 10.8 Å². The number of carbonyl (C=O) groups is 2. The molecule has 2 atom stereocenters. The van der Waals surface area contributed by atoms with Crippen molar-refractivity contribution >= 4 is 21.8 Å². The standard InChI is InChI=1S/C16H23N3O4S/c1-12(16(21)18(2)3)17-15(20)14-10-7-11-19(14)24(22,23)13-8-5-4-6-9-13/h4-6,8-9,12,14H,7,10-11H2,1-3H3,(H,17,20)/t12-,14-/m0/s1. The number of likely N-dealkylation sites (N-methyl/N-ethyl adjacent to an activating group) is 1. The lowest BCUT2D eigenvalue weighted by Crippen LogP contribution is -2.51. The molecule has 0 aliphatic carbocycles. The topological polar surface area (TPSA) is 86.8 Å². The maximum absolute atomic E-state index is 12.7. The number of hydrogen-bond acceptors (Lipinski definition) is 4. The van der Waals surface area contributed by atoms with Gasteiger partial charge in [-0.1, -0.05) is 18.2 Å². The van der Waals surface area contributed by atoms with Crippen molar-refractivity contribution in [1.29, 1.82) is 0 Å². The number of nitrogens with one attached hydrogen (secondary N) is 1. The van der Waals surface area contributed by atoms with Crippen molar-refractivity contribution in [1.82, 2.24) is 14.5 Å². The Kier molecular flexibility index (Phi) is 5.61. The summed E-state index contributed by atoms with van der Waals surface area (Å²) >= 11 is 0. The minimum absolute atomic E-state index is 0.169. The lowest BCUT2D eigenvalue weighted by molar-refractivity contribution is -0.134. The SMILES string of the molecule is C[C@H](NC(=O)[C@@H]1CCCN1S(=O)(=O)c1ccccc1)C(=O)N(C)C. The molecule has 1 aromatic carbocycles. The largest absolute Gasteiger partial charge is 0.347 e. The average Bonchev–Trinajstić information content (AvgIpc) is 3.05. The summed E-state index contributed by atoms with van der Waals surface area (Å²) in [7, 11) is -0.520. The molecular weight excluding hydrogens is 330 g/mol. The van der Waals surface area contributed by atoms with E-state index < -0.39 is 28.0 Å². The highest BCUT2D eigenvalue weighted by Gasteiger charge is 2.40. The third kappa shape index (κ3) is 3.76. The van der Waals surface area contributed by atoms with Crippen LogP contribution in [0.5, 0.6) is 0 Å². The molecule has 1 aromatic rings. The molecule has 0 radical (unpaired) electrons. The van der Waals surface area contributed by atoms with E-state index in [0.29, 0.717) is 19.4 Å². The van der Waals surface area contributed by atoms with Crippen LogP contribution in [0, 0.1) is 0 Å². The first kappa shape index (κ1) is 18.4. The van der Waals surface area contributed by atoms with Crippen LogP contribution in [0.25, 0.3) is 0 Å². The molecule has 0 spiro atoms. The summed E-state index contributed by atoms with van der Waals surface area (Å²) in [5.41, 5.74) is 0. The summed E-state index contributed by atoms with van der Waals surface area (Å²) < 4.78 is 26.7. The van der Waals surface area contributed by atoms with E-state index in [0.717, 1.165) is 0 Å². The molecule has 0 unspecified atom stereocenters. The summed E-state index contributed by atoms with van der Waals surface area (Å²) in [5, 5.41) is 2.62. The summed E-state index contributed by atoms with van der Waals surface area (Å²) in [6.07, 6.45) is 1.06. The van der Waals surface area contributed by atoms with Gasteiger partial charge in [0.1, 0.15) is 12.1 Å². The molecule has 0 bridgehead atoms. The fraction of sp³-hybridized carbons (Fsp3) is 0.500. The summed E-state index contributed by atoms with van der Waals surface area (Å²) in [6.45, 7) is 1.89. The van der Waals surface area contributed by atoms with E-state index in [4.69, 9.17) is 0 Å². The van der Waals surface area contributed by atoms with Crippen LogP contribution >= 0.6 is 0 Å². The van der Waals surface area contributed by atoms with Gasteiger partial charge >= 0.3 is 0 Å². The Bertz CT molecular complexity index is 703. The van der Waals surface area contributed by atoms with Crippen LogP contribution in [0.2, 0.25) is 0 Å². The second-order valence-corrected chi connectivity index (χ2v) is 7.94. The van der Waals surface area contributed by atoms with Crippen molar-refractivity contribution in [3.8, 4) is 0 Å². The highest BCUT2D eigenvalue weighted by atomic mass is 32.2. The quantitative estimate of drug-likeness (QED) is 0.832. The number of amides is 2. The molecule has 24 heavy (non-hydrogen) atoms. The molecule has 1 aliphatic heterocycles. The number of carbonyl (C=O) groups excluding carboxylic acids is 2. The molecule has 1 saturated heterocycles. The van der Waals surface area contributed by atoms with Crippen LogP contribution in [0.4, 0.5) is 0 Å². The summed E-state index contributed by atoms with van der Waals surface area (Å²) in [4.78, 5) is 25.9. The zero-order chi connectivity index (χ0) is 17.9. The van der Waals surface area contributed by atoms with Gasteiger partial charge in [-0.2, -0.15) is 4.31 Å². The van der Waals surface area contributed by atoms with Crippen LogP contribution in [0.15, 0.2) is 35.2 Å². The molecule has 2 amide bonds. The average molecular weight is 353 g/mol. The van der Waals surface area contributed by atoms with Gasteiger partial charge in [0.15, 0.2) is 0 Å². The zero-order valence-electron chi connectivity index (χ0n) is 14.1. The molecule has 1 heterocycles. The van der Waals surface area contributed by atoms with Gasteiger partial charge in [-0.15, -0.1) is 0 Å². The second kappa shape index (κ2) is 7.31. The monoisotopic (exact) mass is 353 g/mol. The molecule has 1 fully saturated rings. The first-order valence-electron chi connectivity index (χ1n) is 7.83. The molecule has 7 nitrogen and oxygen atoms in total. The molecule has 0 aromatic heterocycles. The van der Waals surface area contributed by atoms with Gasteiger partial charge in [0, 0.05) is 20.6 Å². The Labute approximate surface area is 142 Å². The van der Waals surface area contributed by atoms with Crippen molar-refractivity contribution in [2.45, 2.75) is 36.7 Å². The third-order valence-electron chi connectivity index (χ3n) is 4.03. The minimum Gasteiger partial charge on any atom is -0.347 e. The molecule has 8 heteroatoms. The van der Waals surface area contributed by atoms with Gasteiger partial charge in [-0.3, -0.25) is 9.59 Å². The van der Waals surface area contributed by atoms with Crippen LogP contribution in [0.1, 0.15) is 19.8 Å².